The van der Waals surface area contributed by atoms with Gasteiger partial charge in [0.15, 0.2) is 24.0 Å². The van der Waals surface area contributed by atoms with Crippen LogP contribution in [-0.4, -0.2) is 96.1 Å². The lowest BCUT2D eigenvalue weighted by molar-refractivity contribution is -0.145. The number of ether oxygens (including phenoxy) is 2. The van der Waals surface area contributed by atoms with Crippen molar-refractivity contribution in [3.63, 3.8) is 0 Å². The van der Waals surface area contributed by atoms with E-state index in [4.69, 9.17) is 9.47 Å². The molecule has 2 amide bonds. The largest absolute Gasteiger partial charge is 0.355 e. The predicted octanol–water partition coefficient (Wildman–Crippen LogP) is 4.19. The molecule has 0 radical (unpaired) electrons. The van der Waals surface area contributed by atoms with Gasteiger partial charge in [-0.05, 0) is 114 Å². The summed E-state index contributed by atoms with van der Waals surface area (Å²) in [7, 11) is 0. The molecular weight excluding hydrogens is 632 g/mol. The maximum atomic E-state index is 14.7. The van der Waals surface area contributed by atoms with Crippen molar-refractivity contribution in [1.29, 1.82) is 0 Å². The molecule has 5 aliphatic carbocycles. The highest BCUT2D eigenvalue weighted by Crippen LogP contribution is 2.60. The van der Waals surface area contributed by atoms with Gasteiger partial charge in [-0.2, -0.15) is 0 Å². The number of fused-ring (bicyclic) bond motifs is 7. The Bertz CT molecular complexity index is 1200. The molecule has 10 nitrogen and oxygen atoms in total. The molecule has 9 rings (SSSR count). The Kier molecular flexibility index (Phi) is 9.61. The lowest BCUT2D eigenvalue weighted by Crippen LogP contribution is -2.52. The zero-order valence-corrected chi connectivity index (χ0v) is 30.0. The molecule has 0 aromatic carbocycles. The quantitative estimate of drug-likeness (QED) is 0.426. The van der Waals surface area contributed by atoms with E-state index >= 15 is 0 Å². The van der Waals surface area contributed by atoms with Crippen LogP contribution in [0.1, 0.15) is 116 Å². The zero-order chi connectivity index (χ0) is 33.9. The summed E-state index contributed by atoms with van der Waals surface area (Å²) in [4.78, 5) is 60.3. The molecular formula is C40H60N4O6. The monoisotopic (exact) mass is 692 g/mol. The third-order valence-electron chi connectivity index (χ3n) is 15.5. The number of ketones is 2. The number of likely N-dealkylation sites (tertiary alicyclic amines) is 2. The molecule has 4 aliphatic heterocycles. The van der Waals surface area contributed by atoms with E-state index in [2.05, 4.69) is 20.4 Å². The molecule has 4 heterocycles. The van der Waals surface area contributed by atoms with E-state index in [1.807, 2.05) is 0 Å². The molecule has 0 aromatic rings. The van der Waals surface area contributed by atoms with Gasteiger partial charge < -0.3 is 19.3 Å². The van der Waals surface area contributed by atoms with Gasteiger partial charge in [0.2, 0.25) is 11.8 Å². The number of rotatable bonds is 6. The fourth-order valence-corrected chi connectivity index (χ4v) is 13.4. The van der Waals surface area contributed by atoms with Crippen LogP contribution in [0.25, 0.3) is 0 Å². The fourth-order valence-electron chi connectivity index (χ4n) is 13.4. The maximum absolute atomic E-state index is 14.7. The van der Waals surface area contributed by atoms with Crippen molar-refractivity contribution in [2.75, 3.05) is 26.3 Å². The number of carbonyl (C=O) groups excluding carboxylic acids is 4. The summed E-state index contributed by atoms with van der Waals surface area (Å²) in [6.07, 6.45) is 17.1. The Balaban J connectivity index is 0.907. The van der Waals surface area contributed by atoms with E-state index in [1.54, 1.807) is 0 Å². The Morgan fingerprint density at radius 3 is 1.20 bits per heavy atom. The second-order valence-corrected chi connectivity index (χ2v) is 17.7. The minimum atomic E-state index is -0.459. The first-order valence-corrected chi connectivity index (χ1v) is 20.9. The third-order valence-corrected chi connectivity index (χ3v) is 15.5. The highest BCUT2D eigenvalue weighted by molar-refractivity contribution is 5.87. The first-order valence-electron chi connectivity index (χ1n) is 20.9. The molecule has 0 aromatic heterocycles. The summed E-state index contributed by atoms with van der Waals surface area (Å²) in [6, 6.07) is 1.30. The summed E-state index contributed by atoms with van der Waals surface area (Å²) in [5, 5.41) is 6.37. The Hall–Kier alpha value is -1.88. The summed E-state index contributed by atoms with van der Waals surface area (Å²) in [5.74, 6) is 3.28. The van der Waals surface area contributed by atoms with Crippen LogP contribution < -0.4 is 10.6 Å². The van der Waals surface area contributed by atoms with Crippen molar-refractivity contribution in [3.8, 4) is 0 Å². The SMILES string of the molecule is O=C(C1CCC(C(=O)N2C3CCCCC3C3C4C5CCCCC5N(C(=O)C5CCC(C(=O)C6NCCO6)CC5)C4CCC32)CC1)C1NCCO1. The first kappa shape index (κ1) is 33.9. The molecule has 2 N–H and O–H groups in total. The van der Waals surface area contributed by atoms with Crippen molar-refractivity contribution in [2.45, 2.75) is 152 Å². The number of hydrogen-bond acceptors (Lipinski definition) is 8. The van der Waals surface area contributed by atoms with Gasteiger partial charge in [0, 0.05) is 60.9 Å². The van der Waals surface area contributed by atoms with Gasteiger partial charge in [-0.15, -0.1) is 0 Å². The minimum absolute atomic E-state index is 0.00190. The summed E-state index contributed by atoms with van der Waals surface area (Å²) >= 11 is 0. The van der Waals surface area contributed by atoms with Crippen molar-refractivity contribution >= 4 is 23.4 Å². The van der Waals surface area contributed by atoms with E-state index in [-0.39, 0.29) is 35.2 Å². The first-order chi connectivity index (χ1) is 24.5. The van der Waals surface area contributed by atoms with Gasteiger partial charge in [-0.3, -0.25) is 29.8 Å². The summed E-state index contributed by atoms with van der Waals surface area (Å²) < 4.78 is 11.2. The van der Waals surface area contributed by atoms with E-state index in [0.29, 0.717) is 72.9 Å². The topological polar surface area (TPSA) is 117 Å². The van der Waals surface area contributed by atoms with Gasteiger partial charge in [0.25, 0.3) is 0 Å². The van der Waals surface area contributed by atoms with Gasteiger partial charge in [0.1, 0.15) is 0 Å². The number of Topliss-reactive ketones (excluding diaryl/α,β-unsaturated/α-hetero) is 2. The molecule has 0 spiro atoms. The molecule has 9 aliphatic rings. The van der Waals surface area contributed by atoms with Crippen LogP contribution in [0.5, 0.6) is 0 Å². The maximum Gasteiger partial charge on any atom is 0.226 e. The lowest BCUT2D eigenvalue weighted by atomic mass is 9.62. The average Bonchev–Trinajstić information content (AvgIpc) is 3.99. The number of amides is 2. The third kappa shape index (κ3) is 5.81. The van der Waals surface area contributed by atoms with Crippen LogP contribution in [0, 0.1) is 47.3 Å². The lowest BCUT2D eigenvalue weighted by Gasteiger charge is -2.44. The molecule has 5 saturated carbocycles. The normalized spacial score (nSPS) is 45.8. The van der Waals surface area contributed by atoms with Crippen molar-refractivity contribution in [3.05, 3.63) is 0 Å². The number of carbonyl (C=O) groups is 4. The minimum Gasteiger partial charge on any atom is -0.355 e. The molecule has 9 fully saturated rings. The molecule has 10 unspecified atom stereocenters. The van der Waals surface area contributed by atoms with Crippen LogP contribution in [0.2, 0.25) is 0 Å². The van der Waals surface area contributed by atoms with E-state index in [1.165, 1.54) is 38.5 Å². The molecule has 50 heavy (non-hydrogen) atoms. The van der Waals surface area contributed by atoms with Crippen LogP contribution in [-0.2, 0) is 28.7 Å². The second-order valence-electron chi connectivity index (χ2n) is 17.7. The Morgan fingerprint density at radius 2 is 0.820 bits per heavy atom. The highest BCUT2D eigenvalue weighted by Gasteiger charge is 2.64. The fraction of sp³-hybridized carbons (Fsp3) is 0.900. The zero-order valence-electron chi connectivity index (χ0n) is 30.0. The van der Waals surface area contributed by atoms with Crippen LogP contribution in [0.3, 0.4) is 0 Å². The second kappa shape index (κ2) is 14.2. The highest BCUT2D eigenvalue weighted by atomic mass is 16.5. The number of nitrogens with zero attached hydrogens (tertiary/aromatic N) is 2. The smallest absolute Gasteiger partial charge is 0.226 e. The Morgan fingerprint density at radius 1 is 0.440 bits per heavy atom. The van der Waals surface area contributed by atoms with Crippen LogP contribution in [0.15, 0.2) is 0 Å². The van der Waals surface area contributed by atoms with Gasteiger partial charge >= 0.3 is 0 Å². The standard InChI is InChI=1S/C40H60N4O6/c45-35(37-41-19-21-49-37)23-9-13-25(14-10-23)39(47)43-29-7-3-1-5-27(29)33-31(43)17-18-32-34(33)28-6-2-4-8-30(28)44(32)40(48)26-15-11-24(12-16-26)36(46)38-42-20-22-50-38/h23-34,37-38,41-42H,1-22H2. The number of hydrogen-bond donors (Lipinski definition) is 2. The molecule has 0 bridgehead atoms. The molecule has 276 valence electrons. The molecule has 10 heteroatoms. The van der Waals surface area contributed by atoms with Gasteiger partial charge in [0.05, 0.1) is 13.2 Å². The van der Waals surface area contributed by atoms with E-state index in [9.17, 15) is 19.2 Å². The van der Waals surface area contributed by atoms with Gasteiger partial charge in [-0.25, -0.2) is 0 Å². The van der Waals surface area contributed by atoms with E-state index in [0.717, 1.165) is 90.1 Å². The van der Waals surface area contributed by atoms with Crippen molar-refractivity contribution in [1.82, 2.24) is 20.4 Å². The predicted molar refractivity (Wildman–Crippen MR) is 185 cm³/mol. The summed E-state index contributed by atoms with van der Waals surface area (Å²) in [5.41, 5.74) is 0. The van der Waals surface area contributed by atoms with Crippen LogP contribution >= 0.6 is 0 Å². The number of nitrogens with one attached hydrogen (secondary N) is 2. The molecule has 10 atom stereocenters. The van der Waals surface area contributed by atoms with E-state index < -0.39 is 12.5 Å². The van der Waals surface area contributed by atoms with Gasteiger partial charge in [-0.1, -0.05) is 25.7 Å². The average molecular weight is 693 g/mol. The van der Waals surface area contributed by atoms with Crippen molar-refractivity contribution < 1.29 is 28.7 Å². The summed E-state index contributed by atoms with van der Waals surface area (Å²) in [6.45, 7) is 2.66. The Labute approximate surface area is 297 Å². The van der Waals surface area contributed by atoms with Crippen LogP contribution in [0.4, 0.5) is 0 Å². The molecule has 4 saturated heterocycles. The van der Waals surface area contributed by atoms with Crippen molar-refractivity contribution in [2.24, 2.45) is 47.3 Å².